The molecule has 3 amide bonds. The fourth-order valence-electron chi connectivity index (χ4n) is 3.27. The van der Waals surface area contributed by atoms with Crippen molar-refractivity contribution < 1.29 is 23.9 Å². The molecule has 1 heterocycles. The highest BCUT2D eigenvalue weighted by Crippen LogP contribution is 2.34. The number of ether oxygens (including phenoxy) is 1. The number of imide groups is 1. The third-order valence-electron chi connectivity index (χ3n) is 4.58. The van der Waals surface area contributed by atoms with Gasteiger partial charge in [-0.2, -0.15) is 0 Å². The molecule has 1 fully saturated rings. The number of fused-ring (bicyclic) bond motifs is 1. The van der Waals surface area contributed by atoms with Gasteiger partial charge in [0.1, 0.15) is 6.54 Å². The van der Waals surface area contributed by atoms with Gasteiger partial charge in [0.05, 0.1) is 24.0 Å². The summed E-state index contributed by atoms with van der Waals surface area (Å²) in [5.41, 5.74) is 0.854. The number of allylic oxidation sites excluding steroid dienone is 2. The molecule has 0 saturated carbocycles. The molecule has 0 spiro atoms. The summed E-state index contributed by atoms with van der Waals surface area (Å²) in [4.78, 5) is 49.6. The van der Waals surface area contributed by atoms with E-state index in [0.717, 1.165) is 4.90 Å². The van der Waals surface area contributed by atoms with E-state index in [1.807, 2.05) is 12.2 Å². The summed E-state index contributed by atoms with van der Waals surface area (Å²) in [5, 5.41) is 2.64. The first kappa shape index (κ1) is 17.8. The van der Waals surface area contributed by atoms with E-state index in [1.165, 1.54) is 0 Å². The summed E-state index contributed by atoms with van der Waals surface area (Å²) in [6.45, 7) is 1.71. The van der Waals surface area contributed by atoms with Crippen LogP contribution in [0.3, 0.4) is 0 Å². The SMILES string of the molecule is CCOC(=O)c1ccc(NC(=O)CN2C(=O)[C@H]3CC=CC[C@H]3C2=O)cc1. The van der Waals surface area contributed by atoms with Crippen molar-refractivity contribution in [1.82, 2.24) is 4.90 Å². The number of hydrogen-bond donors (Lipinski definition) is 1. The summed E-state index contributed by atoms with van der Waals surface area (Å²) >= 11 is 0. The molecule has 2 atom stereocenters. The largest absolute Gasteiger partial charge is 0.462 e. The number of hydrogen-bond acceptors (Lipinski definition) is 5. The van der Waals surface area contributed by atoms with Crippen molar-refractivity contribution in [3.8, 4) is 0 Å². The number of anilines is 1. The molecule has 0 unspecified atom stereocenters. The number of carbonyl (C=O) groups excluding carboxylic acids is 4. The second-order valence-corrected chi connectivity index (χ2v) is 6.26. The van der Waals surface area contributed by atoms with Crippen LogP contribution in [0.15, 0.2) is 36.4 Å². The van der Waals surface area contributed by atoms with Crippen LogP contribution in [0.1, 0.15) is 30.1 Å². The van der Waals surface area contributed by atoms with Gasteiger partial charge in [-0.05, 0) is 44.0 Å². The Morgan fingerprint density at radius 3 is 2.19 bits per heavy atom. The van der Waals surface area contributed by atoms with Gasteiger partial charge in [-0.3, -0.25) is 19.3 Å². The van der Waals surface area contributed by atoms with Crippen LogP contribution in [0, 0.1) is 11.8 Å². The number of benzene rings is 1. The minimum atomic E-state index is -0.456. The lowest BCUT2D eigenvalue weighted by atomic mass is 9.85. The topological polar surface area (TPSA) is 92.8 Å². The number of rotatable bonds is 5. The van der Waals surface area contributed by atoms with Crippen molar-refractivity contribution in [2.24, 2.45) is 11.8 Å². The molecule has 3 rings (SSSR count). The van der Waals surface area contributed by atoms with Crippen molar-refractivity contribution >= 4 is 29.4 Å². The summed E-state index contributed by atoms with van der Waals surface area (Å²) in [6.07, 6.45) is 4.90. The molecule has 7 nitrogen and oxygen atoms in total. The molecule has 26 heavy (non-hydrogen) atoms. The fraction of sp³-hybridized carbons (Fsp3) is 0.368. The third-order valence-corrected chi connectivity index (χ3v) is 4.58. The van der Waals surface area contributed by atoms with Crippen LogP contribution < -0.4 is 5.32 Å². The Balaban J connectivity index is 1.60. The van der Waals surface area contributed by atoms with Crippen LogP contribution >= 0.6 is 0 Å². The molecule has 7 heteroatoms. The van der Waals surface area contributed by atoms with E-state index in [2.05, 4.69) is 5.32 Å². The number of carbonyl (C=O) groups is 4. The lowest BCUT2D eigenvalue weighted by molar-refractivity contribution is -0.142. The van der Waals surface area contributed by atoms with E-state index >= 15 is 0 Å². The zero-order valence-electron chi connectivity index (χ0n) is 14.4. The van der Waals surface area contributed by atoms with Crippen LogP contribution in [-0.2, 0) is 19.1 Å². The van der Waals surface area contributed by atoms with Crippen molar-refractivity contribution in [1.29, 1.82) is 0 Å². The van der Waals surface area contributed by atoms with Crippen LogP contribution in [0.2, 0.25) is 0 Å². The first-order valence-corrected chi connectivity index (χ1v) is 8.58. The summed E-state index contributed by atoms with van der Waals surface area (Å²) in [7, 11) is 0. The fourth-order valence-corrected chi connectivity index (χ4v) is 3.27. The molecule has 1 N–H and O–H groups in total. The Labute approximate surface area is 151 Å². The average Bonchev–Trinajstić information content (AvgIpc) is 2.88. The van der Waals surface area contributed by atoms with E-state index in [-0.39, 0.29) is 36.8 Å². The molecule has 1 saturated heterocycles. The molecule has 1 aromatic carbocycles. The third kappa shape index (κ3) is 3.51. The van der Waals surface area contributed by atoms with Crippen molar-refractivity contribution in [3.63, 3.8) is 0 Å². The normalized spacial score (nSPS) is 21.5. The quantitative estimate of drug-likeness (QED) is 0.493. The predicted octanol–water partition coefficient (Wildman–Crippen LogP) is 1.75. The van der Waals surface area contributed by atoms with E-state index in [4.69, 9.17) is 4.74 Å². The van der Waals surface area contributed by atoms with Crippen molar-refractivity contribution in [3.05, 3.63) is 42.0 Å². The smallest absolute Gasteiger partial charge is 0.338 e. The maximum Gasteiger partial charge on any atom is 0.338 e. The summed E-state index contributed by atoms with van der Waals surface area (Å²) in [5.74, 6) is -2.14. The first-order chi connectivity index (χ1) is 12.5. The van der Waals surface area contributed by atoms with E-state index in [9.17, 15) is 19.2 Å². The second-order valence-electron chi connectivity index (χ2n) is 6.26. The van der Waals surface area contributed by atoms with E-state index < -0.39 is 11.9 Å². The predicted molar refractivity (Wildman–Crippen MR) is 93.1 cm³/mol. The molecular formula is C19H20N2O5. The zero-order chi connectivity index (χ0) is 18.7. The number of esters is 1. The molecule has 2 aliphatic rings. The highest BCUT2D eigenvalue weighted by atomic mass is 16.5. The second kappa shape index (κ2) is 7.51. The molecular weight excluding hydrogens is 336 g/mol. The van der Waals surface area contributed by atoms with Gasteiger partial charge in [0.15, 0.2) is 0 Å². The van der Waals surface area contributed by atoms with Gasteiger partial charge < -0.3 is 10.1 Å². The van der Waals surface area contributed by atoms with Crippen LogP contribution in [-0.4, -0.2) is 41.7 Å². The average molecular weight is 356 g/mol. The minimum absolute atomic E-state index is 0.280. The number of nitrogens with zero attached hydrogens (tertiary/aromatic N) is 1. The Kier molecular flexibility index (Phi) is 5.16. The molecule has 0 bridgehead atoms. The first-order valence-electron chi connectivity index (χ1n) is 8.58. The maximum absolute atomic E-state index is 12.4. The summed E-state index contributed by atoms with van der Waals surface area (Å²) < 4.78 is 4.89. The van der Waals surface area contributed by atoms with Crippen LogP contribution in [0.25, 0.3) is 0 Å². The zero-order valence-corrected chi connectivity index (χ0v) is 14.4. The van der Waals surface area contributed by atoms with Gasteiger partial charge >= 0.3 is 5.97 Å². The minimum Gasteiger partial charge on any atom is -0.462 e. The number of nitrogens with one attached hydrogen (secondary N) is 1. The van der Waals surface area contributed by atoms with Gasteiger partial charge in [-0.1, -0.05) is 12.2 Å². The van der Waals surface area contributed by atoms with Gasteiger partial charge in [-0.25, -0.2) is 4.79 Å². The Morgan fingerprint density at radius 1 is 1.08 bits per heavy atom. The molecule has 0 aromatic heterocycles. The van der Waals surface area contributed by atoms with Gasteiger partial charge in [0.25, 0.3) is 0 Å². The lowest BCUT2D eigenvalue weighted by Crippen LogP contribution is -2.38. The standard InChI is InChI=1S/C19H20N2O5/c1-2-26-19(25)12-7-9-13(10-8-12)20-16(22)11-21-17(23)14-5-3-4-6-15(14)18(21)24/h3-4,7-10,14-15H,2,5-6,11H2,1H3,(H,20,22)/t14-,15+. The van der Waals surface area contributed by atoms with Gasteiger partial charge in [0, 0.05) is 5.69 Å². The lowest BCUT2D eigenvalue weighted by Gasteiger charge is -2.14. The maximum atomic E-state index is 12.4. The Hall–Kier alpha value is -2.96. The van der Waals surface area contributed by atoms with Gasteiger partial charge in [0.2, 0.25) is 17.7 Å². The monoisotopic (exact) mass is 356 g/mol. The Morgan fingerprint density at radius 2 is 1.65 bits per heavy atom. The van der Waals surface area contributed by atoms with Gasteiger partial charge in [-0.15, -0.1) is 0 Å². The van der Waals surface area contributed by atoms with Crippen LogP contribution in [0.5, 0.6) is 0 Å². The number of amides is 3. The number of likely N-dealkylation sites (tertiary alicyclic amines) is 1. The molecule has 1 aliphatic heterocycles. The molecule has 1 aliphatic carbocycles. The highest BCUT2D eigenvalue weighted by Gasteiger charge is 2.47. The van der Waals surface area contributed by atoms with Crippen molar-refractivity contribution in [2.75, 3.05) is 18.5 Å². The molecule has 1 aromatic rings. The highest BCUT2D eigenvalue weighted by molar-refractivity contribution is 6.08. The van der Waals surface area contributed by atoms with E-state index in [0.29, 0.717) is 24.1 Å². The molecule has 0 radical (unpaired) electrons. The molecule has 136 valence electrons. The Bertz CT molecular complexity index is 743. The van der Waals surface area contributed by atoms with Crippen molar-refractivity contribution in [2.45, 2.75) is 19.8 Å². The van der Waals surface area contributed by atoms with Crippen LogP contribution in [0.4, 0.5) is 5.69 Å². The summed E-state index contributed by atoms with van der Waals surface area (Å²) in [6, 6.07) is 6.23. The van der Waals surface area contributed by atoms with E-state index in [1.54, 1.807) is 31.2 Å².